The molecule has 0 amide bonds. The Balaban J connectivity index is 2.50. The van der Waals surface area contributed by atoms with Gasteiger partial charge >= 0.3 is 0 Å². The van der Waals surface area contributed by atoms with Gasteiger partial charge in [-0.25, -0.2) is 9.97 Å². The Morgan fingerprint density at radius 3 is 3.27 bits per heavy atom. The summed E-state index contributed by atoms with van der Waals surface area (Å²) in [6, 6.07) is 0. The van der Waals surface area contributed by atoms with Gasteiger partial charge in [0.2, 0.25) is 5.28 Å². The minimum Gasteiger partial charge on any atom is -0.611 e. The molecule has 1 aromatic rings. The van der Waals surface area contributed by atoms with Crippen molar-refractivity contribution in [3.8, 4) is 0 Å². The van der Waals surface area contributed by atoms with Gasteiger partial charge in [0.15, 0.2) is 4.90 Å². The molecule has 11 heavy (non-hydrogen) atoms. The van der Waals surface area contributed by atoms with E-state index >= 15 is 0 Å². The third-order valence-corrected chi connectivity index (χ3v) is 3.16. The van der Waals surface area contributed by atoms with Crippen LogP contribution in [0, 0.1) is 0 Å². The summed E-state index contributed by atoms with van der Waals surface area (Å²) < 4.78 is 11.2. The number of rotatable bonds is 0. The van der Waals surface area contributed by atoms with E-state index in [1.165, 1.54) is 0 Å². The summed E-state index contributed by atoms with van der Waals surface area (Å²) in [5.41, 5.74) is 0.836. The zero-order valence-electron chi connectivity index (χ0n) is 5.58. The van der Waals surface area contributed by atoms with Crippen molar-refractivity contribution in [3.05, 3.63) is 17.2 Å². The average Bonchev–Trinajstić information content (AvgIpc) is 2.32. The second-order valence-corrected chi connectivity index (χ2v) is 4.13. The van der Waals surface area contributed by atoms with Crippen molar-refractivity contribution in [3.63, 3.8) is 0 Å². The fourth-order valence-electron chi connectivity index (χ4n) is 1.05. The molecule has 0 radical (unpaired) electrons. The molecule has 1 unspecified atom stereocenters. The van der Waals surface area contributed by atoms with Crippen LogP contribution >= 0.6 is 11.6 Å². The van der Waals surface area contributed by atoms with Crippen molar-refractivity contribution < 1.29 is 4.55 Å². The highest BCUT2D eigenvalue weighted by Crippen LogP contribution is 2.23. The van der Waals surface area contributed by atoms with Crippen molar-refractivity contribution in [1.29, 1.82) is 0 Å². The largest absolute Gasteiger partial charge is 0.611 e. The summed E-state index contributed by atoms with van der Waals surface area (Å²) >= 11 is 4.66. The van der Waals surface area contributed by atoms with Crippen molar-refractivity contribution in [1.82, 2.24) is 9.97 Å². The number of aromatic nitrogens is 2. The van der Waals surface area contributed by atoms with Crippen LogP contribution in [0.1, 0.15) is 5.69 Å². The Bertz CT molecular complexity index is 294. The van der Waals surface area contributed by atoms with Gasteiger partial charge in [0.25, 0.3) is 0 Å². The summed E-state index contributed by atoms with van der Waals surface area (Å²) in [4.78, 5) is 8.47. The summed E-state index contributed by atoms with van der Waals surface area (Å²) in [7, 11) is 0. The molecule has 3 nitrogen and oxygen atoms in total. The number of hydrogen-bond acceptors (Lipinski definition) is 3. The van der Waals surface area contributed by atoms with E-state index in [-0.39, 0.29) is 5.28 Å². The maximum atomic E-state index is 11.2. The lowest BCUT2D eigenvalue weighted by Gasteiger charge is -2.00. The van der Waals surface area contributed by atoms with Gasteiger partial charge < -0.3 is 4.55 Å². The molecule has 0 aromatic carbocycles. The molecule has 1 atom stereocenters. The smallest absolute Gasteiger partial charge is 0.222 e. The zero-order chi connectivity index (χ0) is 7.84. The monoisotopic (exact) mass is 188 g/mol. The summed E-state index contributed by atoms with van der Waals surface area (Å²) in [6.45, 7) is 0. The normalized spacial score (nSPS) is 21.8. The van der Waals surface area contributed by atoms with Gasteiger partial charge in [0.05, 0.1) is 6.20 Å². The number of hydrogen-bond donors (Lipinski definition) is 0. The fourth-order valence-corrected chi connectivity index (χ4v) is 2.38. The molecule has 0 N–H and O–H groups in total. The first-order chi connectivity index (χ1) is 5.27. The molecule has 2 rings (SSSR count). The Hall–Kier alpha value is -0.320. The number of halogens is 1. The fraction of sp³-hybridized carbons (Fsp3) is 0.333. The van der Waals surface area contributed by atoms with E-state index in [9.17, 15) is 4.55 Å². The molecule has 1 aliphatic rings. The van der Waals surface area contributed by atoms with E-state index in [0.717, 1.165) is 17.0 Å². The molecule has 1 aromatic heterocycles. The van der Waals surface area contributed by atoms with Crippen molar-refractivity contribution >= 4 is 22.8 Å². The highest BCUT2D eigenvalue weighted by atomic mass is 35.5. The zero-order valence-corrected chi connectivity index (χ0v) is 7.15. The highest BCUT2D eigenvalue weighted by Gasteiger charge is 2.26. The van der Waals surface area contributed by atoms with Gasteiger partial charge in [-0.15, -0.1) is 0 Å². The molecule has 0 bridgehead atoms. The molecular weight excluding hydrogens is 184 g/mol. The topological polar surface area (TPSA) is 48.8 Å². The predicted molar refractivity (Wildman–Crippen MR) is 42.0 cm³/mol. The molecule has 2 heterocycles. The van der Waals surface area contributed by atoms with Crippen LogP contribution < -0.4 is 0 Å². The number of nitrogens with zero attached hydrogens (tertiary/aromatic N) is 2. The summed E-state index contributed by atoms with van der Waals surface area (Å²) in [5, 5.41) is 0.239. The van der Waals surface area contributed by atoms with E-state index in [2.05, 4.69) is 9.97 Å². The van der Waals surface area contributed by atoms with Crippen LogP contribution in [0.3, 0.4) is 0 Å². The third-order valence-electron chi connectivity index (χ3n) is 1.57. The standard InChI is InChI=1S/C6H5ClN2OS/c7-6-8-3-5-4(9-6)1-2-11(5)10/h3H,1-2H2. The third kappa shape index (κ3) is 1.21. The summed E-state index contributed by atoms with van der Waals surface area (Å²) in [6.07, 6.45) is 2.30. The number of aryl methyl sites for hydroxylation is 1. The SMILES string of the molecule is [O-][S+]1CCc2nc(Cl)ncc21. The van der Waals surface area contributed by atoms with Crippen LogP contribution in [0.25, 0.3) is 0 Å². The first kappa shape index (κ1) is 7.34. The second-order valence-electron chi connectivity index (χ2n) is 2.25. The van der Waals surface area contributed by atoms with Gasteiger partial charge in [-0.3, -0.25) is 0 Å². The van der Waals surface area contributed by atoms with E-state index in [1.807, 2.05) is 0 Å². The van der Waals surface area contributed by atoms with E-state index < -0.39 is 11.2 Å². The predicted octanol–water partition coefficient (Wildman–Crippen LogP) is 0.794. The molecule has 0 fully saturated rings. The van der Waals surface area contributed by atoms with Crippen molar-refractivity contribution in [2.75, 3.05) is 5.75 Å². The highest BCUT2D eigenvalue weighted by molar-refractivity contribution is 7.91. The van der Waals surface area contributed by atoms with Crippen LogP contribution in [-0.2, 0) is 17.6 Å². The number of fused-ring (bicyclic) bond motifs is 1. The minimum absolute atomic E-state index is 0.239. The lowest BCUT2D eigenvalue weighted by molar-refractivity contribution is 0.598. The Kier molecular flexibility index (Phi) is 1.75. The minimum atomic E-state index is -0.890. The molecule has 0 saturated carbocycles. The van der Waals surface area contributed by atoms with Gasteiger partial charge in [0.1, 0.15) is 11.4 Å². The van der Waals surface area contributed by atoms with Crippen LogP contribution in [0.2, 0.25) is 5.28 Å². The average molecular weight is 189 g/mol. The Labute approximate surface area is 72.0 Å². The quantitative estimate of drug-likeness (QED) is 0.447. The van der Waals surface area contributed by atoms with Crippen LogP contribution in [0.4, 0.5) is 0 Å². The second kappa shape index (κ2) is 2.62. The van der Waals surface area contributed by atoms with Crippen molar-refractivity contribution in [2.24, 2.45) is 0 Å². The molecule has 1 aliphatic heterocycles. The van der Waals surface area contributed by atoms with Crippen molar-refractivity contribution in [2.45, 2.75) is 11.3 Å². The maximum absolute atomic E-state index is 11.2. The molecule has 5 heteroatoms. The maximum Gasteiger partial charge on any atom is 0.222 e. The van der Waals surface area contributed by atoms with Crippen LogP contribution in [0.5, 0.6) is 0 Å². The molecule has 0 saturated heterocycles. The van der Waals surface area contributed by atoms with E-state index in [4.69, 9.17) is 11.6 Å². The molecule has 0 spiro atoms. The van der Waals surface area contributed by atoms with Gasteiger partial charge in [-0.05, 0) is 22.8 Å². The van der Waals surface area contributed by atoms with Crippen LogP contribution in [-0.4, -0.2) is 20.3 Å². The Morgan fingerprint density at radius 1 is 1.64 bits per heavy atom. The lowest BCUT2D eigenvalue weighted by Crippen LogP contribution is -1.99. The van der Waals surface area contributed by atoms with Gasteiger partial charge in [-0.2, -0.15) is 0 Å². The van der Waals surface area contributed by atoms with Gasteiger partial charge in [0, 0.05) is 6.42 Å². The summed E-state index contributed by atoms with van der Waals surface area (Å²) in [5.74, 6) is 0.657. The Morgan fingerprint density at radius 2 is 2.45 bits per heavy atom. The molecule has 58 valence electrons. The van der Waals surface area contributed by atoms with E-state index in [1.54, 1.807) is 6.20 Å². The van der Waals surface area contributed by atoms with Crippen LogP contribution in [0.15, 0.2) is 11.1 Å². The lowest BCUT2D eigenvalue weighted by atomic mass is 10.3. The van der Waals surface area contributed by atoms with Gasteiger partial charge in [-0.1, -0.05) is 0 Å². The van der Waals surface area contributed by atoms with E-state index in [0.29, 0.717) is 5.75 Å². The first-order valence-electron chi connectivity index (χ1n) is 3.17. The molecule has 0 aliphatic carbocycles. The first-order valence-corrected chi connectivity index (χ1v) is 4.87. The molecular formula is C6H5ClN2OS.